The molecule has 3 nitrogen and oxygen atoms in total. The smallest absolute Gasteiger partial charge is 0.189 e. The van der Waals surface area contributed by atoms with Gasteiger partial charge in [-0.05, 0) is 48.6 Å². The molecule has 0 amide bonds. The van der Waals surface area contributed by atoms with E-state index in [2.05, 4.69) is 0 Å². The second-order valence-corrected chi connectivity index (χ2v) is 5.62. The molecule has 3 heteroatoms. The minimum Gasteiger partial charge on any atom is -0.493 e. The molecule has 1 aliphatic carbocycles. The number of methoxy groups -OCH3 is 2. The van der Waals surface area contributed by atoms with Crippen molar-refractivity contribution < 1.29 is 14.3 Å². The van der Waals surface area contributed by atoms with Gasteiger partial charge in [0.25, 0.3) is 0 Å². The fourth-order valence-electron chi connectivity index (χ4n) is 3.00. The first kappa shape index (κ1) is 15.3. The third-order valence-electron chi connectivity index (χ3n) is 4.19. The number of hydrogen-bond acceptors (Lipinski definition) is 3. The maximum absolute atomic E-state index is 12.8. The largest absolute Gasteiger partial charge is 0.493 e. The second-order valence-electron chi connectivity index (χ2n) is 5.62. The zero-order valence-corrected chi connectivity index (χ0v) is 13.5. The van der Waals surface area contributed by atoms with E-state index in [1.54, 1.807) is 14.2 Å². The van der Waals surface area contributed by atoms with Gasteiger partial charge < -0.3 is 9.47 Å². The SMILES string of the molecule is COc1ccc(/C=C2\CCCc3ccccc3C2=O)cc1OC. The van der Waals surface area contributed by atoms with Crippen LogP contribution >= 0.6 is 0 Å². The molecular formula is C20H20O3. The predicted molar refractivity (Wildman–Crippen MR) is 91.2 cm³/mol. The van der Waals surface area contributed by atoms with Crippen LogP contribution in [0.2, 0.25) is 0 Å². The molecule has 0 saturated carbocycles. The van der Waals surface area contributed by atoms with E-state index < -0.39 is 0 Å². The van der Waals surface area contributed by atoms with Crippen LogP contribution in [0.25, 0.3) is 6.08 Å². The molecule has 0 heterocycles. The summed E-state index contributed by atoms with van der Waals surface area (Å²) in [5.74, 6) is 1.49. The molecule has 0 bridgehead atoms. The van der Waals surface area contributed by atoms with Crippen molar-refractivity contribution in [3.05, 3.63) is 64.7 Å². The minimum absolute atomic E-state index is 0.132. The maximum Gasteiger partial charge on any atom is 0.189 e. The van der Waals surface area contributed by atoms with E-state index in [9.17, 15) is 4.79 Å². The standard InChI is InChI=1S/C20H20O3/c1-22-18-11-10-14(13-19(18)23-2)12-16-8-5-7-15-6-3-4-9-17(15)20(16)21/h3-4,6,9-13H,5,7-8H2,1-2H3/b16-12+. The van der Waals surface area contributed by atoms with Crippen molar-refractivity contribution in [2.24, 2.45) is 0 Å². The summed E-state index contributed by atoms with van der Waals surface area (Å²) in [6.07, 6.45) is 4.70. The molecule has 0 atom stereocenters. The van der Waals surface area contributed by atoms with Crippen molar-refractivity contribution in [1.29, 1.82) is 0 Å². The first-order valence-corrected chi connectivity index (χ1v) is 7.78. The summed E-state index contributed by atoms with van der Waals surface area (Å²) in [7, 11) is 3.23. The first-order chi connectivity index (χ1) is 11.2. The van der Waals surface area contributed by atoms with Gasteiger partial charge in [0.05, 0.1) is 14.2 Å². The third kappa shape index (κ3) is 3.14. The van der Waals surface area contributed by atoms with Gasteiger partial charge in [-0.25, -0.2) is 0 Å². The Balaban J connectivity index is 1.98. The molecule has 3 rings (SSSR count). The second kappa shape index (κ2) is 6.69. The van der Waals surface area contributed by atoms with Crippen LogP contribution in [0, 0.1) is 0 Å². The van der Waals surface area contributed by atoms with E-state index in [0.29, 0.717) is 11.5 Å². The predicted octanol–water partition coefficient (Wildman–Crippen LogP) is 4.31. The highest BCUT2D eigenvalue weighted by molar-refractivity contribution is 6.12. The summed E-state index contributed by atoms with van der Waals surface area (Å²) >= 11 is 0. The van der Waals surface area contributed by atoms with Gasteiger partial charge in [-0.1, -0.05) is 30.3 Å². The lowest BCUT2D eigenvalue weighted by Gasteiger charge is -2.09. The number of Topliss-reactive ketones (excluding diaryl/α,β-unsaturated/α-hetero) is 1. The number of aryl methyl sites for hydroxylation is 1. The van der Waals surface area contributed by atoms with Crippen LogP contribution in [0.1, 0.15) is 34.3 Å². The van der Waals surface area contributed by atoms with Crippen LogP contribution in [0.3, 0.4) is 0 Å². The fourth-order valence-corrected chi connectivity index (χ4v) is 3.00. The molecule has 23 heavy (non-hydrogen) atoms. The van der Waals surface area contributed by atoms with Crippen LogP contribution in [0.15, 0.2) is 48.0 Å². The molecule has 1 aliphatic rings. The van der Waals surface area contributed by atoms with Crippen LogP contribution in [-0.4, -0.2) is 20.0 Å². The average Bonchev–Trinajstić information content (AvgIpc) is 2.75. The van der Waals surface area contributed by atoms with Crippen LogP contribution in [-0.2, 0) is 6.42 Å². The highest BCUT2D eigenvalue weighted by atomic mass is 16.5. The van der Waals surface area contributed by atoms with E-state index in [4.69, 9.17) is 9.47 Å². The summed E-state index contributed by atoms with van der Waals surface area (Å²) in [6.45, 7) is 0. The van der Waals surface area contributed by atoms with Crippen LogP contribution < -0.4 is 9.47 Å². The van der Waals surface area contributed by atoms with Crippen molar-refractivity contribution in [1.82, 2.24) is 0 Å². The summed E-state index contributed by atoms with van der Waals surface area (Å²) < 4.78 is 10.6. The van der Waals surface area contributed by atoms with Gasteiger partial charge in [-0.3, -0.25) is 4.79 Å². The summed E-state index contributed by atoms with van der Waals surface area (Å²) in [5, 5.41) is 0. The third-order valence-corrected chi connectivity index (χ3v) is 4.19. The molecule has 0 N–H and O–H groups in total. The lowest BCUT2D eigenvalue weighted by Crippen LogP contribution is -2.03. The Morgan fingerprint density at radius 3 is 2.52 bits per heavy atom. The number of ether oxygens (including phenoxy) is 2. The Labute approximate surface area is 136 Å². The molecule has 0 aromatic heterocycles. The Bertz CT molecular complexity index is 759. The monoisotopic (exact) mass is 308 g/mol. The first-order valence-electron chi connectivity index (χ1n) is 7.78. The topological polar surface area (TPSA) is 35.5 Å². The van der Waals surface area contributed by atoms with Gasteiger partial charge >= 0.3 is 0 Å². The Morgan fingerprint density at radius 1 is 0.957 bits per heavy atom. The number of hydrogen-bond donors (Lipinski definition) is 0. The van der Waals surface area contributed by atoms with Crippen molar-refractivity contribution in [2.45, 2.75) is 19.3 Å². The van der Waals surface area contributed by atoms with Gasteiger partial charge in [-0.2, -0.15) is 0 Å². The fraction of sp³-hybridized carbons (Fsp3) is 0.250. The highest BCUT2D eigenvalue weighted by Gasteiger charge is 2.19. The van der Waals surface area contributed by atoms with E-state index in [0.717, 1.165) is 41.5 Å². The van der Waals surface area contributed by atoms with E-state index in [1.165, 1.54) is 0 Å². The molecule has 2 aromatic carbocycles. The lowest BCUT2D eigenvalue weighted by atomic mass is 9.98. The van der Waals surface area contributed by atoms with Crippen molar-refractivity contribution >= 4 is 11.9 Å². The normalized spacial score (nSPS) is 15.9. The minimum atomic E-state index is 0.132. The number of carbonyl (C=O) groups excluding carboxylic acids is 1. The van der Waals surface area contributed by atoms with Gasteiger partial charge in [0.2, 0.25) is 0 Å². The molecular weight excluding hydrogens is 288 g/mol. The summed E-state index contributed by atoms with van der Waals surface area (Å²) in [5.41, 5.74) is 3.78. The van der Waals surface area contributed by atoms with E-state index >= 15 is 0 Å². The highest BCUT2D eigenvalue weighted by Crippen LogP contribution is 2.30. The number of allylic oxidation sites excluding steroid dienone is 1. The summed E-state index contributed by atoms with van der Waals surface area (Å²) in [6, 6.07) is 13.6. The number of ketones is 1. The Kier molecular flexibility index (Phi) is 4.47. The van der Waals surface area contributed by atoms with Gasteiger partial charge in [0.15, 0.2) is 17.3 Å². The molecule has 0 radical (unpaired) electrons. The number of carbonyl (C=O) groups is 1. The maximum atomic E-state index is 12.8. The zero-order valence-electron chi connectivity index (χ0n) is 13.5. The molecule has 0 saturated heterocycles. The van der Waals surface area contributed by atoms with Crippen molar-refractivity contribution in [2.75, 3.05) is 14.2 Å². The Hall–Kier alpha value is -2.55. The Morgan fingerprint density at radius 2 is 1.74 bits per heavy atom. The lowest BCUT2D eigenvalue weighted by molar-refractivity contribution is 0.103. The molecule has 0 aliphatic heterocycles. The van der Waals surface area contributed by atoms with Crippen molar-refractivity contribution in [3.8, 4) is 11.5 Å². The summed E-state index contributed by atoms with van der Waals surface area (Å²) in [4.78, 5) is 12.8. The zero-order chi connectivity index (χ0) is 16.2. The van der Waals surface area contributed by atoms with E-state index in [-0.39, 0.29) is 5.78 Å². The molecule has 0 spiro atoms. The molecule has 0 unspecified atom stereocenters. The molecule has 118 valence electrons. The van der Waals surface area contributed by atoms with Crippen molar-refractivity contribution in [3.63, 3.8) is 0 Å². The number of rotatable bonds is 3. The number of fused-ring (bicyclic) bond motifs is 1. The van der Waals surface area contributed by atoms with Crippen LogP contribution in [0.5, 0.6) is 11.5 Å². The number of benzene rings is 2. The van der Waals surface area contributed by atoms with Gasteiger partial charge in [-0.15, -0.1) is 0 Å². The average molecular weight is 308 g/mol. The van der Waals surface area contributed by atoms with Crippen LogP contribution in [0.4, 0.5) is 0 Å². The quantitative estimate of drug-likeness (QED) is 0.626. The van der Waals surface area contributed by atoms with E-state index in [1.807, 2.05) is 48.5 Å². The van der Waals surface area contributed by atoms with Gasteiger partial charge in [0.1, 0.15) is 0 Å². The van der Waals surface area contributed by atoms with Gasteiger partial charge in [0, 0.05) is 11.1 Å². The molecule has 0 fully saturated rings. The molecule has 2 aromatic rings.